The van der Waals surface area contributed by atoms with Gasteiger partial charge in [-0.3, -0.25) is 0 Å². The standard InChI is InChI=1S/C55H38N2/c1-4-17-39(18-5-1)40-31-35-44(36-32-40)56(42-19-6-2-7-20-42)45-37-33-41(34-38-45)46-24-16-25-48-47-23-10-11-26-49(47)55(54(46)48)50-27-12-14-29-52(50)57(43-21-8-3-9-22-43)53-30-15-13-28-51(53)55/h1-38H. The molecule has 0 amide bonds. The molecule has 11 rings (SSSR count). The molecular weight excluding hydrogens is 689 g/mol. The summed E-state index contributed by atoms with van der Waals surface area (Å²) in [6, 6.07) is 84.1. The average Bonchev–Trinajstić information content (AvgIpc) is 3.59. The molecule has 1 spiro atoms. The molecule has 0 N–H and O–H groups in total. The van der Waals surface area contributed by atoms with Crippen LogP contribution in [0.5, 0.6) is 0 Å². The van der Waals surface area contributed by atoms with Crippen molar-refractivity contribution in [3.63, 3.8) is 0 Å². The lowest BCUT2D eigenvalue weighted by Crippen LogP contribution is -2.36. The molecule has 9 aromatic carbocycles. The van der Waals surface area contributed by atoms with Crippen LogP contribution >= 0.6 is 0 Å². The van der Waals surface area contributed by atoms with E-state index in [1.807, 2.05) is 0 Å². The zero-order valence-corrected chi connectivity index (χ0v) is 31.3. The van der Waals surface area contributed by atoms with Crippen molar-refractivity contribution in [2.24, 2.45) is 0 Å². The van der Waals surface area contributed by atoms with Gasteiger partial charge in [-0.2, -0.15) is 0 Å². The molecule has 0 fully saturated rings. The van der Waals surface area contributed by atoms with Gasteiger partial charge >= 0.3 is 0 Å². The largest absolute Gasteiger partial charge is 0.311 e. The molecule has 268 valence electrons. The van der Waals surface area contributed by atoms with Gasteiger partial charge in [0, 0.05) is 22.7 Å². The molecule has 0 saturated carbocycles. The summed E-state index contributed by atoms with van der Waals surface area (Å²) in [7, 11) is 0. The van der Waals surface area contributed by atoms with Gasteiger partial charge < -0.3 is 9.80 Å². The zero-order valence-electron chi connectivity index (χ0n) is 31.3. The molecule has 2 heteroatoms. The lowest BCUT2D eigenvalue weighted by Gasteiger charge is -2.45. The third kappa shape index (κ3) is 5.11. The monoisotopic (exact) mass is 726 g/mol. The zero-order chi connectivity index (χ0) is 37.8. The third-order valence-corrected chi connectivity index (χ3v) is 11.9. The van der Waals surface area contributed by atoms with Crippen LogP contribution in [0.4, 0.5) is 34.1 Å². The van der Waals surface area contributed by atoms with Crippen LogP contribution in [0.2, 0.25) is 0 Å². The molecule has 0 aromatic heterocycles. The molecule has 9 aromatic rings. The van der Waals surface area contributed by atoms with E-state index in [0.717, 1.165) is 22.7 Å². The first-order valence-electron chi connectivity index (χ1n) is 19.7. The van der Waals surface area contributed by atoms with Gasteiger partial charge in [0.2, 0.25) is 0 Å². The van der Waals surface area contributed by atoms with Crippen molar-refractivity contribution in [1.82, 2.24) is 0 Å². The lowest BCUT2D eigenvalue weighted by molar-refractivity contribution is 0.754. The second-order valence-electron chi connectivity index (χ2n) is 14.9. The van der Waals surface area contributed by atoms with Gasteiger partial charge in [0.15, 0.2) is 0 Å². The van der Waals surface area contributed by atoms with E-state index in [1.165, 1.54) is 67.0 Å². The van der Waals surface area contributed by atoms with E-state index < -0.39 is 5.41 Å². The summed E-state index contributed by atoms with van der Waals surface area (Å²) < 4.78 is 0. The minimum absolute atomic E-state index is 0.532. The maximum Gasteiger partial charge on any atom is 0.0760 e. The number of fused-ring (bicyclic) bond motifs is 9. The summed E-state index contributed by atoms with van der Waals surface area (Å²) in [5, 5.41) is 0. The maximum absolute atomic E-state index is 2.44. The molecule has 1 aliphatic carbocycles. The Morgan fingerprint density at radius 3 is 1.37 bits per heavy atom. The van der Waals surface area contributed by atoms with Gasteiger partial charge in [-0.25, -0.2) is 0 Å². The quantitative estimate of drug-likeness (QED) is 0.168. The number of hydrogen-bond donors (Lipinski definition) is 0. The fourth-order valence-corrected chi connectivity index (χ4v) is 9.51. The Labute approximate surface area is 334 Å². The van der Waals surface area contributed by atoms with Crippen LogP contribution in [-0.2, 0) is 5.41 Å². The molecule has 1 heterocycles. The Bertz CT molecular complexity index is 2830. The normalized spacial score (nSPS) is 13.0. The average molecular weight is 727 g/mol. The summed E-state index contributed by atoms with van der Waals surface area (Å²) in [6.45, 7) is 0. The van der Waals surface area contributed by atoms with E-state index >= 15 is 0 Å². The smallest absolute Gasteiger partial charge is 0.0760 e. The molecule has 2 aliphatic rings. The van der Waals surface area contributed by atoms with Gasteiger partial charge in [0.05, 0.1) is 16.8 Å². The first-order valence-corrected chi connectivity index (χ1v) is 19.7. The molecule has 0 radical (unpaired) electrons. The SMILES string of the molecule is c1ccc(-c2ccc(N(c3ccccc3)c3ccc(-c4cccc5c4C4(c6ccccc6-5)c5ccccc5N(c5ccccc5)c5ccccc54)cc3)cc2)cc1. The summed E-state index contributed by atoms with van der Waals surface area (Å²) in [4.78, 5) is 4.79. The number of rotatable bonds is 6. The van der Waals surface area contributed by atoms with E-state index in [1.54, 1.807) is 0 Å². The Kier molecular flexibility index (Phi) is 7.75. The van der Waals surface area contributed by atoms with Crippen molar-refractivity contribution in [2.75, 3.05) is 9.80 Å². The van der Waals surface area contributed by atoms with Gasteiger partial charge in [0.1, 0.15) is 0 Å². The molecule has 2 nitrogen and oxygen atoms in total. The van der Waals surface area contributed by atoms with E-state index in [9.17, 15) is 0 Å². The maximum atomic E-state index is 2.44. The summed E-state index contributed by atoms with van der Waals surface area (Å²) in [5.74, 6) is 0. The van der Waals surface area contributed by atoms with Gasteiger partial charge in [0.25, 0.3) is 0 Å². The second kappa shape index (κ2) is 13.4. The minimum Gasteiger partial charge on any atom is -0.311 e. The Balaban J connectivity index is 1.09. The molecule has 0 unspecified atom stereocenters. The molecule has 57 heavy (non-hydrogen) atoms. The van der Waals surface area contributed by atoms with Crippen molar-refractivity contribution < 1.29 is 0 Å². The fraction of sp³-hybridized carbons (Fsp3) is 0.0182. The van der Waals surface area contributed by atoms with E-state index in [4.69, 9.17) is 0 Å². The van der Waals surface area contributed by atoms with Crippen LogP contribution in [-0.4, -0.2) is 0 Å². The van der Waals surface area contributed by atoms with Crippen LogP contribution in [0.3, 0.4) is 0 Å². The predicted molar refractivity (Wildman–Crippen MR) is 238 cm³/mol. The van der Waals surface area contributed by atoms with Crippen LogP contribution in [0, 0.1) is 0 Å². The fourth-order valence-electron chi connectivity index (χ4n) is 9.51. The number of para-hydroxylation sites is 4. The molecule has 0 atom stereocenters. The highest BCUT2D eigenvalue weighted by Gasteiger charge is 2.52. The Morgan fingerprint density at radius 1 is 0.298 bits per heavy atom. The first kappa shape index (κ1) is 33.0. The van der Waals surface area contributed by atoms with Gasteiger partial charge in [-0.15, -0.1) is 0 Å². The predicted octanol–water partition coefficient (Wildman–Crippen LogP) is 14.6. The number of nitrogens with zero attached hydrogens (tertiary/aromatic N) is 2. The van der Waals surface area contributed by atoms with Gasteiger partial charge in [-0.1, -0.05) is 170 Å². The Hall–Kier alpha value is -7.42. The minimum atomic E-state index is -0.532. The highest BCUT2D eigenvalue weighted by Crippen LogP contribution is 2.64. The van der Waals surface area contributed by atoms with Crippen LogP contribution < -0.4 is 9.80 Å². The summed E-state index contributed by atoms with van der Waals surface area (Å²) in [6.07, 6.45) is 0. The van der Waals surface area contributed by atoms with Crippen LogP contribution in [0.25, 0.3) is 33.4 Å². The molecular formula is C55H38N2. The molecule has 1 aliphatic heterocycles. The lowest BCUT2D eigenvalue weighted by atomic mass is 9.63. The van der Waals surface area contributed by atoms with Gasteiger partial charge in [-0.05, 0) is 116 Å². The van der Waals surface area contributed by atoms with Crippen LogP contribution in [0.15, 0.2) is 231 Å². The second-order valence-corrected chi connectivity index (χ2v) is 14.9. The van der Waals surface area contributed by atoms with Crippen molar-refractivity contribution in [3.05, 3.63) is 253 Å². The van der Waals surface area contributed by atoms with E-state index in [2.05, 4.69) is 240 Å². The van der Waals surface area contributed by atoms with E-state index in [-0.39, 0.29) is 0 Å². The highest BCUT2D eigenvalue weighted by molar-refractivity contribution is 5.99. The van der Waals surface area contributed by atoms with Crippen molar-refractivity contribution in [2.45, 2.75) is 5.41 Å². The highest BCUT2D eigenvalue weighted by atomic mass is 15.2. The number of benzene rings is 9. The third-order valence-electron chi connectivity index (χ3n) is 11.9. The summed E-state index contributed by atoms with van der Waals surface area (Å²) in [5.41, 5.74) is 19.0. The van der Waals surface area contributed by atoms with Crippen LogP contribution in [0.1, 0.15) is 22.3 Å². The summed E-state index contributed by atoms with van der Waals surface area (Å²) >= 11 is 0. The first-order chi connectivity index (χ1) is 28.3. The molecule has 0 bridgehead atoms. The Morgan fingerprint density at radius 2 is 0.737 bits per heavy atom. The molecule has 0 saturated heterocycles. The van der Waals surface area contributed by atoms with Crippen molar-refractivity contribution in [3.8, 4) is 33.4 Å². The van der Waals surface area contributed by atoms with E-state index in [0.29, 0.717) is 0 Å². The topological polar surface area (TPSA) is 6.48 Å². The number of hydrogen-bond acceptors (Lipinski definition) is 2. The van der Waals surface area contributed by atoms with Crippen molar-refractivity contribution >= 4 is 34.1 Å². The number of anilines is 6. The van der Waals surface area contributed by atoms with Crippen molar-refractivity contribution in [1.29, 1.82) is 0 Å².